The molecule has 3 N–H and O–H groups in total. The van der Waals surface area contributed by atoms with Crippen LogP contribution < -0.4 is 5.32 Å². The molecule has 20 heavy (non-hydrogen) atoms. The van der Waals surface area contributed by atoms with Gasteiger partial charge in [0.2, 0.25) is 0 Å². The van der Waals surface area contributed by atoms with Crippen molar-refractivity contribution in [2.75, 3.05) is 20.3 Å². The summed E-state index contributed by atoms with van der Waals surface area (Å²) in [5.74, 6) is -0.974. The maximum atomic E-state index is 12.1. The monoisotopic (exact) mass is 282 g/mol. The lowest BCUT2D eigenvalue weighted by Crippen LogP contribution is -2.52. The van der Waals surface area contributed by atoms with Crippen LogP contribution in [0.4, 0.5) is 4.79 Å². The Kier molecular flexibility index (Phi) is 3.93. The first-order valence-corrected chi connectivity index (χ1v) is 6.24. The van der Waals surface area contributed by atoms with Gasteiger partial charge in [-0.15, -0.1) is 0 Å². The Labute approximate surface area is 116 Å². The number of nitrogens with one attached hydrogen (secondary N) is 2. The van der Waals surface area contributed by atoms with Gasteiger partial charge in [0.1, 0.15) is 5.41 Å². The molecule has 1 aliphatic rings. The van der Waals surface area contributed by atoms with E-state index in [1.165, 1.54) is 4.90 Å². The molecule has 2 atom stereocenters. The lowest BCUT2D eigenvalue weighted by molar-refractivity contribution is -0.148. The second-order valence-corrected chi connectivity index (χ2v) is 5.20. The highest BCUT2D eigenvalue weighted by molar-refractivity contribution is 5.79. The van der Waals surface area contributed by atoms with Crippen molar-refractivity contribution in [2.45, 2.75) is 19.5 Å². The molecule has 1 saturated heterocycles. The summed E-state index contributed by atoms with van der Waals surface area (Å²) in [5, 5.41) is 18.4. The van der Waals surface area contributed by atoms with Gasteiger partial charge in [-0.2, -0.15) is 5.10 Å². The van der Waals surface area contributed by atoms with Gasteiger partial charge >= 0.3 is 12.0 Å². The number of amides is 2. The first kappa shape index (κ1) is 14.3. The summed E-state index contributed by atoms with van der Waals surface area (Å²) < 4.78 is 5.19. The molecule has 1 aliphatic heterocycles. The summed E-state index contributed by atoms with van der Waals surface area (Å²) in [6.45, 7) is 2.26. The van der Waals surface area contributed by atoms with Crippen molar-refractivity contribution in [3.63, 3.8) is 0 Å². The van der Waals surface area contributed by atoms with Crippen molar-refractivity contribution in [3.05, 3.63) is 18.0 Å². The number of carboxylic acid groups (broad SMARTS) is 1. The van der Waals surface area contributed by atoms with E-state index in [4.69, 9.17) is 4.74 Å². The molecule has 0 spiro atoms. The number of nitrogens with zero attached hydrogens (tertiary/aromatic N) is 2. The number of hydrogen-bond donors (Lipinski definition) is 3. The van der Waals surface area contributed by atoms with E-state index in [1.807, 2.05) is 0 Å². The summed E-state index contributed by atoms with van der Waals surface area (Å²) in [7, 11) is 1.64. The van der Waals surface area contributed by atoms with Gasteiger partial charge in [-0.25, -0.2) is 4.79 Å². The average molecular weight is 282 g/mol. The molecule has 1 fully saturated rings. The van der Waals surface area contributed by atoms with E-state index < -0.39 is 17.4 Å². The number of carboxylic acids is 1. The van der Waals surface area contributed by atoms with Gasteiger partial charge in [0.05, 0.1) is 32.0 Å². The fraction of sp³-hybridized carbons (Fsp3) is 0.583. The van der Waals surface area contributed by atoms with Crippen LogP contribution in [0.2, 0.25) is 0 Å². The standard InChI is InChI=1S/C12H18N4O4/c1-12(10(17)18)7-20-6-9(12)15-11(19)16(2)5-8-3-13-14-4-8/h3-4,9H,5-7H2,1-2H3,(H,13,14)(H,15,19)(H,17,18). The maximum absolute atomic E-state index is 12.1. The average Bonchev–Trinajstić information content (AvgIpc) is 3.01. The summed E-state index contributed by atoms with van der Waals surface area (Å²) in [5.41, 5.74) is -0.224. The van der Waals surface area contributed by atoms with Gasteiger partial charge in [0.15, 0.2) is 0 Å². The number of urea groups is 1. The van der Waals surface area contributed by atoms with Crippen LogP contribution in [0.15, 0.2) is 12.4 Å². The highest BCUT2D eigenvalue weighted by Crippen LogP contribution is 2.28. The smallest absolute Gasteiger partial charge is 0.317 e. The quantitative estimate of drug-likeness (QED) is 0.722. The minimum absolute atomic E-state index is 0.0960. The van der Waals surface area contributed by atoms with Crippen molar-refractivity contribution in [1.82, 2.24) is 20.4 Å². The molecule has 8 heteroatoms. The molecule has 0 bridgehead atoms. The number of hydrogen-bond acceptors (Lipinski definition) is 4. The third-order valence-corrected chi connectivity index (χ3v) is 3.56. The van der Waals surface area contributed by atoms with E-state index in [2.05, 4.69) is 15.5 Å². The summed E-state index contributed by atoms with van der Waals surface area (Å²) in [6, 6.07) is -0.881. The largest absolute Gasteiger partial charge is 0.481 e. The normalized spacial score (nSPS) is 25.4. The number of aromatic nitrogens is 2. The lowest BCUT2D eigenvalue weighted by Gasteiger charge is -2.27. The molecule has 0 aromatic carbocycles. The third kappa shape index (κ3) is 2.74. The number of aliphatic carboxylic acids is 1. The van der Waals surface area contributed by atoms with Crippen LogP contribution in [0.5, 0.6) is 0 Å². The zero-order chi connectivity index (χ0) is 14.8. The SMILES string of the molecule is CN(Cc1cn[nH]c1)C(=O)NC1COCC1(C)C(=O)O. The van der Waals surface area contributed by atoms with Gasteiger partial charge in [-0.05, 0) is 6.92 Å². The number of carbonyl (C=O) groups excluding carboxylic acids is 1. The molecule has 2 heterocycles. The Morgan fingerprint density at radius 3 is 3.05 bits per heavy atom. The Morgan fingerprint density at radius 1 is 1.70 bits per heavy atom. The summed E-state index contributed by atoms with van der Waals surface area (Å²) >= 11 is 0. The van der Waals surface area contributed by atoms with E-state index in [1.54, 1.807) is 26.4 Å². The van der Waals surface area contributed by atoms with Crippen molar-refractivity contribution >= 4 is 12.0 Å². The van der Waals surface area contributed by atoms with Gasteiger partial charge in [-0.3, -0.25) is 9.89 Å². The van der Waals surface area contributed by atoms with Crippen LogP contribution in [0.3, 0.4) is 0 Å². The van der Waals surface area contributed by atoms with Crippen LogP contribution in [-0.2, 0) is 16.1 Å². The van der Waals surface area contributed by atoms with E-state index in [0.29, 0.717) is 6.54 Å². The predicted octanol–water partition coefficient (Wildman–Crippen LogP) is 0.0408. The zero-order valence-electron chi connectivity index (χ0n) is 11.4. The number of ether oxygens (including phenoxy) is 1. The maximum Gasteiger partial charge on any atom is 0.317 e. The summed E-state index contributed by atoms with van der Waals surface area (Å²) in [4.78, 5) is 24.8. The number of H-pyrrole nitrogens is 1. The Bertz CT molecular complexity index is 490. The van der Waals surface area contributed by atoms with E-state index in [9.17, 15) is 14.7 Å². The topological polar surface area (TPSA) is 108 Å². The predicted molar refractivity (Wildman–Crippen MR) is 68.9 cm³/mol. The van der Waals surface area contributed by atoms with Crippen LogP contribution in [0, 0.1) is 5.41 Å². The van der Waals surface area contributed by atoms with Crippen molar-refractivity contribution < 1.29 is 19.4 Å². The summed E-state index contributed by atoms with van der Waals surface area (Å²) in [6.07, 6.45) is 3.33. The fourth-order valence-electron chi connectivity index (χ4n) is 2.05. The second kappa shape index (κ2) is 5.49. The van der Waals surface area contributed by atoms with Crippen molar-refractivity contribution in [1.29, 1.82) is 0 Å². The zero-order valence-corrected chi connectivity index (χ0v) is 11.4. The molecular weight excluding hydrogens is 264 g/mol. The van der Waals surface area contributed by atoms with Gasteiger partial charge in [0, 0.05) is 18.8 Å². The Morgan fingerprint density at radius 2 is 2.45 bits per heavy atom. The lowest BCUT2D eigenvalue weighted by atomic mass is 9.85. The van der Waals surface area contributed by atoms with Gasteiger partial charge < -0.3 is 20.1 Å². The molecule has 1 aromatic heterocycles. The Hall–Kier alpha value is -2.09. The number of rotatable bonds is 4. The van der Waals surface area contributed by atoms with Gasteiger partial charge in [0.25, 0.3) is 0 Å². The molecular formula is C12H18N4O4. The van der Waals surface area contributed by atoms with Crippen LogP contribution in [0.1, 0.15) is 12.5 Å². The van der Waals surface area contributed by atoms with E-state index in [0.717, 1.165) is 5.56 Å². The second-order valence-electron chi connectivity index (χ2n) is 5.20. The van der Waals surface area contributed by atoms with Crippen molar-refractivity contribution in [2.24, 2.45) is 5.41 Å². The molecule has 110 valence electrons. The molecule has 2 rings (SSSR count). The highest BCUT2D eigenvalue weighted by Gasteiger charge is 2.47. The van der Waals surface area contributed by atoms with E-state index in [-0.39, 0.29) is 19.2 Å². The molecule has 1 aromatic rings. The van der Waals surface area contributed by atoms with E-state index >= 15 is 0 Å². The van der Waals surface area contributed by atoms with Crippen LogP contribution in [0.25, 0.3) is 0 Å². The fourth-order valence-corrected chi connectivity index (χ4v) is 2.05. The minimum atomic E-state index is -1.09. The number of carbonyl (C=O) groups is 2. The van der Waals surface area contributed by atoms with Crippen molar-refractivity contribution in [3.8, 4) is 0 Å². The molecule has 2 unspecified atom stereocenters. The molecule has 0 saturated carbocycles. The minimum Gasteiger partial charge on any atom is -0.481 e. The highest BCUT2D eigenvalue weighted by atomic mass is 16.5. The first-order chi connectivity index (χ1) is 9.43. The van der Waals surface area contributed by atoms with Gasteiger partial charge in [-0.1, -0.05) is 0 Å². The number of aromatic amines is 1. The molecule has 8 nitrogen and oxygen atoms in total. The molecule has 2 amide bonds. The third-order valence-electron chi connectivity index (χ3n) is 3.56. The van der Waals surface area contributed by atoms with Crippen LogP contribution in [-0.4, -0.2) is 58.5 Å². The molecule has 0 radical (unpaired) electrons. The van der Waals surface area contributed by atoms with Crippen LogP contribution >= 0.6 is 0 Å². The first-order valence-electron chi connectivity index (χ1n) is 6.24. The Balaban J connectivity index is 1.95. The molecule has 0 aliphatic carbocycles.